The average Bonchev–Trinajstić information content (AvgIpc) is 2.74. The summed E-state index contributed by atoms with van der Waals surface area (Å²) in [6.07, 6.45) is 1.00. The Labute approximate surface area is 94.5 Å². The molecule has 1 N–H and O–H groups in total. The van der Waals surface area contributed by atoms with E-state index in [1.807, 2.05) is 0 Å². The molecule has 3 rings (SSSR count). The summed E-state index contributed by atoms with van der Waals surface area (Å²) >= 11 is 0. The van der Waals surface area contributed by atoms with Crippen molar-refractivity contribution in [2.75, 3.05) is 6.54 Å². The fourth-order valence-corrected chi connectivity index (χ4v) is 2.09. The average molecular weight is 214 g/mol. The fraction of sp³-hybridized carbons (Fsp3) is 0.308. The second-order valence-corrected chi connectivity index (χ2v) is 4.23. The van der Waals surface area contributed by atoms with E-state index in [9.17, 15) is 0 Å². The number of rotatable bonds is 1. The molecule has 0 amide bonds. The van der Waals surface area contributed by atoms with Gasteiger partial charge in [-0.05, 0) is 19.9 Å². The monoisotopic (exact) mass is 214 g/mol. The van der Waals surface area contributed by atoms with E-state index in [1.165, 1.54) is 11.1 Å². The van der Waals surface area contributed by atoms with Gasteiger partial charge >= 0.3 is 0 Å². The minimum Gasteiger partial charge on any atom is -0.356 e. The van der Waals surface area contributed by atoms with Gasteiger partial charge in [0.2, 0.25) is 0 Å². The second kappa shape index (κ2) is 3.76. The van der Waals surface area contributed by atoms with Crippen molar-refractivity contribution in [2.45, 2.75) is 19.9 Å². The summed E-state index contributed by atoms with van der Waals surface area (Å²) < 4.78 is 5.45. The number of aryl methyl sites for hydroxylation is 1. The molecule has 0 aliphatic carbocycles. The Kier molecular flexibility index (Phi) is 2.26. The third-order valence-corrected chi connectivity index (χ3v) is 3.03. The summed E-state index contributed by atoms with van der Waals surface area (Å²) in [7, 11) is 0. The Morgan fingerprint density at radius 2 is 2.06 bits per heavy atom. The topological polar surface area (TPSA) is 38.1 Å². The molecule has 3 heteroatoms. The summed E-state index contributed by atoms with van der Waals surface area (Å²) in [5.41, 5.74) is 4.71. The smallest absolute Gasteiger partial charge is 0.170 e. The molecule has 0 radical (unpaired) electrons. The molecule has 0 bridgehead atoms. The molecule has 1 aromatic carbocycles. The Balaban J connectivity index is 2.06. The first kappa shape index (κ1) is 9.60. The maximum Gasteiger partial charge on any atom is 0.170 e. The zero-order chi connectivity index (χ0) is 11.0. The van der Waals surface area contributed by atoms with Crippen molar-refractivity contribution in [1.82, 2.24) is 10.5 Å². The number of nitrogens with zero attached hydrogens (tertiary/aromatic N) is 1. The minimum absolute atomic E-state index is 0.824. The lowest BCUT2D eigenvalue weighted by Gasteiger charge is -2.10. The molecule has 82 valence electrons. The van der Waals surface area contributed by atoms with Crippen molar-refractivity contribution in [3.8, 4) is 11.3 Å². The van der Waals surface area contributed by atoms with Crippen LogP contribution in [0.3, 0.4) is 0 Å². The molecular weight excluding hydrogens is 200 g/mol. The van der Waals surface area contributed by atoms with Gasteiger partial charge < -0.3 is 9.84 Å². The van der Waals surface area contributed by atoms with Gasteiger partial charge in [-0.25, -0.2) is 0 Å². The third kappa shape index (κ3) is 1.53. The van der Waals surface area contributed by atoms with Gasteiger partial charge in [-0.1, -0.05) is 35.0 Å². The predicted molar refractivity (Wildman–Crippen MR) is 62.1 cm³/mol. The molecule has 0 atom stereocenters. The lowest BCUT2D eigenvalue weighted by molar-refractivity contribution is 0.421. The zero-order valence-electron chi connectivity index (χ0n) is 9.29. The van der Waals surface area contributed by atoms with Crippen molar-refractivity contribution < 1.29 is 4.52 Å². The van der Waals surface area contributed by atoms with Crippen LogP contribution in [0.2, 0.25) is 0 Å². The Morgan fingerprint density at radius 3 is 2.88 bits per heavy atom. The summed E-state index contributed by atoms with van der Waals surface area (Å²) in [6.45, 7) is 3.92. The van der Waals surface area contributed by atoms with Crippen LogP contribution in [0.15, 0.2) is 28.8 Å². The van der Waals surface area contributed by atoms with E-state index in [2.05, 4.69) is 41.7 Å². The van der Waals surface area contributed by atoms with E-state index in [0.717, 1.165) is 36.5 Å². The van der Waals surface area contributed by atoms with Crippen molar-refractivity contribution in [2.24, 2.45) is 0 Å². The maximum absolute atomic E-state index is 5.45. The van der Waals surface area contributed by atoms with Crippen molar-refractivity contribution >= 4 is 0 Å². The molecule has 1 aliphatic heterocycles. The zero-order valence-corrected chi connectivity index (χ0v) is 9.29. The molecule has 2 aromatic rings. The van der Waals surface area contributed by atoms with Gasteiger partial charge in [-0.3, -0.25) is 0 Å². The minimum atomic E-state index is 0.824. The normalized spacial score (nSPS) is 14.8. The van der Waals surface area contributed by atoms with Gasteiger partial charge in [-0.15, -0.1) is 0 Å². The number of hydrogen-bond acceptors (Lipinski definition) is 3. The number of aromatic nitrogens is 1. The van der Waals surface area contributed by atoms with Crippen LogP contribution in [-0.4, -0.2) is 11.7 Å². The van der Waals surface area contributed by atoms with Gasteiger partial charge in [0.1, 0.15) is 5.69 Å². The van der Waals surface area contributed by atoms with E-state index < -0.39 is 0 Å². The highest BCUT2D eigenvalue weighted by Gasteiger charge is 2.19. The molecule has 0 fully saturated rings. The second-order valence-electron chi connectivity index (χ2n) is 4.23. The lowest BCUT2D eigenvalue weighted by Crippen LogP contribution is -2.23. The third-order valence-electron chi connectivity index (χ3n) is 3.03. The van der Waals surface area contributed by atoms with Gasteiger partial charge in [0.25, 0.3) is 0 Å². The highest BCUT2D eigenvalue weighted by Crippen LogP contribution is 2.28. The van der Waals surface area contributed by atoms with Crippen LogP contribution in [0.4, 0.5) is 0 Å². The van der Waals surface area contributed by atoms with Gasteiger partial charge in [0.05, 0.1) is 0 Å². The van der Waals surface area contributed by atoms with Crippen LogP contribution >= 0.6 is 0 Å². The van der Waals surface area contributed by atoms with Crippen LogP contribution < -0.4 is 5.32 Å². The highest BCUT2D eigenvalue weighted by molar-refractivity contribution is 5.62. The molecule has 2 heterocycles. The lowest BCUT2D eigenvalue weighted by atomic mass is 10.0. The molecule has 0 unspecified atom stereocenters. The SMILES string of the molecule is Cc1ccc(-c2onc3c2CCNC3)cc1. The first-order valence-electron chi connectivity index (χ1n) is 5.60. The van der Waals surface area contributed by atoms with E-state index in [0.29, 0.717) is 0 Å². The Hall–Kier alpha value is -1.61. The van der Waals surface area contributed by atoms with Crippen LogP contribution in [-0.2, 0) is 13.0 Å². The summed E-state index contributed by atoms with van der Waals surface area (Å²) in [5, 5.41) is 7.41. The standard InChI is InChI=1S/C13H14N2O/c1-9-2-4-10(5-3-9)13-11-6-7-14-8-12(11)15-16-13/h2-5,14H,6-8H2,1H3. The summed E-state index contributed by atoms with van der Waals surface area (Å²) in [4.78, 5) is 0. The van der Waals surface area contributed by atoms with Crippen LogP contribution in [0.25, 0.3) is 11.3 Å². The number of fused-ring (bicyclic) bond motifs is 1. The molecule has 0 saturated heterocycles. The van der Waals surface area contributed by atoms with Gasteiger partial charge in [0.15, 0.2) is 5.76 Å². The van der Waals surface area contributed by atoms with E-state index in [-0.39, 0.29) is 0 Å². The van der Waals surface area contributed by atoms with Crippen LogP contribution in [0, 0.1) is 6.92 Å². The molecule has 1 aromatic heterocycles. The van der Waals surface area contributed by atoms with Crippen molar-refractivity contribution in [1.29, 1.82) is 0 Å². The van der Waals surface area contributed by atoms with E-state index in [4.69, 9.17) is 4.52 Å². The van der Waals surface area contributed by atoms with E-state index >= 15 is 0 Å². The fourth-order valence-electron chi connectivity index (χ4n) is 2.09. The number of benzene rings is 1. The van der Waals surface area contributed by atoms with Crippen LogP contribution in [0.5, 0.6) is 0 Å². The summed E-state index contributed by atoms with van der Waals surface area (Å²) in [5.74, 6) is 0.941. The maximum atomic E-state index is 5.45. The number of nitrogens with one attached hydrogen (secondary N) is 1. The molecule has 0 spiro atoms. The largest absolute Gasteiger partial charge is 0.356 e. The van der Waals surface area contributed by atoms with Gasteiger partial charge in [0, 0.05) is 17.7 Å². The highest BCUT2D eigenvalue weighted by atomic mass is 16.5. The molecule has 1 aliphatic rings. The first-order chi connectivity index (χ1) is 7.84. The van der Waals surface area contributed by atoms with E-state index in [1.54, 1.807) is 0 Å². The number of hydrogen-bond donors (Lipinski definition) is 1. The van der Waals surface area contributed by atoms with Crippen molar-refractivity contribution in [3.63, 3.8) is 0 Å². The molecule has 3 nitrogen and oxygen atoms in total. The Morgan fingerprint density at radius 1 is 1.25 bits per heavy atom. The first-order valence-corrected chi connectivity index (χ1v) is 5.60. The predicted octanol–water partition coefficient (Wildman–Crippen LogP) is 2.30. The quantitative estimate of drug-likeness (QED) is 0.791. The summed E-state index contributed by atoms with van der Waals surface area (Å²) in [6, 6.07) is 8.40. The molecule has 16 heavy (non-hydrogen) atoms. The van der Waals surface area contributed by atoms with Crippen LogP contribution in [0.1, 0.15) is 16.8 Å². The molecular formula is C13H14N2O. The molecule has 0 saturated carbocycles. The van der Waals surface area contributed by atoms with Crippen molar-refractivity contribution in [3.05, 3.63) is 41.1 Å². The van der Waals surface area contributed by atoms with Gasteiger partial charge in [-0.2, -0.15) is 0 Å². The Bertz CT molecular complexity index is 499.